The lowest BCUT2D eigenvalue weighted by Gasteiger charge is -2.07. The molecule has 0 aliphatic heterocycles. The van der Waals surface area contributed by atoms with Crippen LogP contribution in [0.5, 0.6) is 0 Å². The van der Waals surface area contributed by atoms with Gasteiger partial charge in [-0.2, -0.15) is 0 Å². The fourth-order valence-electron chi connectivity index (χ4n) is 1.65. The fraction of sp³-hybridized carbons (Fsp3) is 0.364. The summed E-state index contributed by atoms with van der Waals surface area (Å²) < 4.78 is 1.59. The Hall–Kier alpha value is -1.91. The minimum absolute atomic E-state index is 0.217. The zero-order valence-electron chi connectivity index (χ0n) is 9.43. The Kier molecular flexibility index (Phi) is 2.38. The summed E-state index contributed by atoms with van der Waals surface area (Å²) in [6.07, 6.45) is 0. The van der Waals surface area contributed by atoms with E-state index in [-0.39, 0.29) is 11.5 Å². The van der Waals surface area contributed by atoms with Crippen LogP contribution in [-0.4, -0.2) is 26.1 Å². The van der Waals surface area contributed by atoms with Crippen LogP contribution in [0.2, 0.25) is 0 Å². The van der Waals surface area contributed by atoms with Gasteiger partial charge in [-0.1, -0.05) is 19.1 Å². The van der Waals surface area contributed by atoms with Crippen LogP contribution < -0.4 is 0 Å². The molecule has 0 atom stereocenters. The first-order chi connectivity index (χ1) is 7.50. The van der Waals surface area contributed by atoms with Gasteiger partial charge < -0.3 is 5.11 Å². The smallest absolute Gasteiger partial charge is 0.338 e. The lowest BCUT2D eigenvalue weighted by Crippen LogP contribution is -2.01. The molecule has 0 unspecified atom stereocenters. The predicted octanol–water partition coefficient (Wildman–Crippen LogP) is 1.79. The lowest BCUT2D eigenvalue weighted by atomic mass is 9.99. The quantitative estimate of drug-likeness (QED) is 0.836. The molecule has 1 heterocycles. The van der Waals surface area contributed by atoms with Crippen LogP contribution in [0.15, 0.2) is 12.1 Å². The Balaban J connectivity index is 2.81. The molecule has 0 saturated carbocycles. The van der Waals surface area contributed by atoms with Crippen molar-refractivity contribution in [2.24, 2.45) is 7.05 Å². The highest BCUT2D eigenvalue weighted by atomic mass is 16.4. The van der Waals surface area contributed by atoms with E-state index in [1.165, 1.54) is 0 Å². The molecule has 2 rings (SSSR count). The van der Waals surface area contributed by atoms with Crippen molar-refractivity contribution in [3.8, 4) is 0 Å². The number of carbonyl (C=O) groups is 1. The molecule has 0 amide bonds. The standard InChI is InChI=1S/C11H13N3O2/c1-6(2)7-4-8(11(15)16)10-9(5-7)14(3)13-12-10/h4-6H,1-3H3,(H,15,16). The maximum Gasteiger partial charge on any atom is 0.338 e. The predicted molar refractivity (Wildman–Crippen MR) is 59.6 cm³/mol. The third kappa shape index (κ3) is 1.54. The first kappa shape index (κ1) is 10.6. The van der Waals surface area contributed by atoms with E-state index >= 15 is 0 Å². The van der Waals surface area contributed by atoms with E-state index in [4.69, 9.17) is 5.11 Å². The van der Waals surface area contributed by atoms with Gasteiger partial charge in [0.05, 0.1) is 11.1 Å². The minimum atomic E-state index is -0.965. The molecule has 84 valence electrons. The molecule has 0 fully saturated rings. The van der Waals surface area contributed by atoms with E-state index in [2.05, 4.69) is 10.3 Å². The Labute approximate surface area is 92.7 Å². The number of nitrogens with zero attached hydrogens (tertiary/aromatic N) is 3. The second-order valence-corrected chi connectivity index (χ2v) is 4.11. The zero-order chi connectivity index (χ0) is 11.9. The highest BCUT2D eigenvalue weighted by Crippen LogP contribution is 2.23. The van der Waals surface area contributed by atoms with Crippen molar-refractivity contribution in [2.75, 3.05) is 0 Å². The van der Waals surface area contributed by atoms with Gasteiger partial charge in [0.2, 0.25) is 0 Å². The first-order valence-corrected chi connectivity index (χ1v) is 5.07. The second-order valence-electron chi connectivity index (χ2n) is 4.11. The number of carboxylic acids is 1. The maximum atomic E-state index is 11.1. The summed E-state index contributed by atoms with van der Waals surface area (Å²) in [5.41, 5.74) is 2.40. The molecular formula is C11H13N3O2. The van der Waals surface area contributed by atoms with Gasteiger partial charge in [-0.3, -0.25) is 0 Å². The topological polar surface area (TPSA) is 68.0 Å². The molecule has 5 nitrogen and oxygen atoms in total. The number of carboxylic acid groups (broad SMARTS) is 1. The van der Waals surface area contributed by atoms with Gasteiger partial charge in [-0.15, -0.1) is 5.10 Å². The average molecular weight is 219 g/mol. The van der Waals surface area contributed by atoms with Crippen molar-refractivity contribution in [2.45, 2.75) is 19.8 Å². The van der Waals surface area contributed by atoms with Crippen LogP contribution in [-0.2, 0) is 7.05 Å². The van der Waals surface area contributed by atoms with E-state index < -0.39 is 5.97 Å². The first-order valence-electron chi connectivity index (χ1n) is 5.07. The third-order valence-corrected chi connectivity index (χ3v) is 2.64. The summed E-state index contributed by atoms with van der Waals surface area (Å²) >= 11 is 0. The number of hydrogen-bond donors (Lipinski definition) is 1. The van der Waals surface area contributed by atoms with Crippen LogP contribution >= 0.6 is 0 Å². The Bertz CT molecular complexity index is 558. The van der Waals surface area contributed by atoms with Crippen molar-refractivity contribution in [1.82, 2.24) is 15.0 Å². The molecule has 0 saturated heterocycles. The molecule has 0 bridgehead atoms. The number of aryl methyl sites for hydroxylation is 1. The van der Waals surface area contributed by atoms with Gasteiger partial charge in [-0.05, 0) is 23.6 Å². The molecular weight excluding hydrogens is 206 g/mol. The average Bonchev–Trinajstić information content (AvgIpc) is 2.59. The van der Waals surface area contributed by atoms with Crippen LogP contribution in [0.3, 0.4) is 0 Å². The molecule has 2 aromatic rings. The van der Waals surface area contributed by atoms with Crippen molar-refractivity contribution in [3.05, 3.63) is 23.3 Å². The highest BCUT2D eigenvalue weighted by molar-refractivity contribution is 6.01. The van der Waals surface area contributed by atoms with Crippen LogP contribution in [0.25, 0.3) is 11.0 Å². The highest BCUT2D eigenvalue weighted by Gasteiger charge is 2.15. The van der Waals surface area contributed by atoms with Crippen molar-refractivity contribution in [3.63, 3.8) is 0 Å². The molecule has 0 spiro atoms. The largest absolute Gasteiger partial charge is 0.478 e. The van der Waals surface area contributed by atoms with E-state index in [1.807, 2.05) is 19.9 Å². The molecule has 0 aliphatic carbocycles. The number of hydrogen-bond acceptors (Lipinski definition) is 3. The van der Waals surface area contributed by atoms with Crippen LogP contribution in [0.4, 0.5) is 0 Å². The zero-order valence-corrected chi connectivity index (χ0v) is 9.43. The Morgan fingerprint density at radius 1 is 1.44 bits per heavy atom. The van der Waals surface area contributed by atoms with Gasteiger partial charge in [-0.25, -0.2) is 9.48 Å². The van der Waals surface area contributed by atoms with Crippen LogP contribution in [0, 0.1) is 0 Å². The van der Waals surface area contributed by atoms with Crippen molar-refractivity contribution in [1.29, 1.82) is 0 Å². The molecule has 16 heavy (non-hydrogen) atoms. The van der Waals surface area contributed by atoms with Crippen molar-refractivity contribution >= 4 is 17.0 Å². The van der Waals surface area contributed by atoms with Gasteiger partial charge in [0.15, 0.2) is 0 Å². The molecule has 1 aromatic heterocycles. The SMILES string of the molecule is CC(C)c1cc(C(=O)O)c2nnn(C)c2c1. The monoisotopic (exact) mass is 219 g/mol. The van der Waals surface area contributed by atoms with Gasteiger partial charge in [0, 0.05) is 7.05 Å². The Morgan fingerprint density at radius 3 is 2.69 bits per heavy atom. The molecule has 1 aromatic carbocycles. The molecule has 1 N–H and O–H groups in total. The summed E-state index contributed by atoms with van der Waals surface area (Å²) in [6.45, 7) is 4.05. The van der Waals surface area contributed by atoms with E-state index in [1.54, 1.807) is 17.8 Å². The molecule has 0 aliphatic rings. The summed E-state index contributed by atoms with van der Waals surface area (Å²) in [4.78, 5) is 11.1. The summed E-state index contributed by atoms with van der Waals surface area (Å²) in [5.74, 6) is -0.689. The van der Waals surface area contributed by atoms with Crippen molar-refractivity contribution < 1.29 is 9.90 Å². The summed E-state index contributed by atoms with van der Waals surface area (Å²) in [7, 11) is 1.76. The molecule has 5 heteroatoms. The Morgan fingerprint density at radius 2 is 2.12 bits per heavy atom. The lowest BCUT2D eigenvalue weighted by molar-refractivity contribution is 0.0698. The second kappa shape index (κ2) is 3.59. The van der Waals surface area contributed by atoms with Gasteiger partial charge >= 0.3 is 5.97 Å². The number of aromatic carboxylic acids is 1. The fourth-order valence-corrected chi connectivity index (χ4v) is 1.65. The van der Waals surface area contributed by atoms with Gasteiger partial charge in [0.1, 0.15) is 5.52 Å². The van der Waals surface area contributed by atoms with E-state index in [0.717, 1.165) is 11.1 Å². The third-order valence-electron chi connectivity index (χ3n) is 2.64. The number of fused-ring (bicyclic) bond motifs is 1. The number of aromatic nitrogens is 3. The normalized spacial score (nSPS) is 11.2. The maximum absolute atomic E-state index is 11.1. The van der Waals surface area contributed by atoms with Crippen LogP contribution in [0.1, 0.15) is 35.7 Å². The number of rotatable bonds is 2. The summed E-state index contributed by atoms with van der Waals surface area (Å²) in [6, 6.07) is 3.61. The minimum Gasteiger partial charge on any atom is -0.478 e. The van der Waals surface area contributed by atoms with E-state index in [0.29, 0.717) is 5.52 Å². The molecule has 0 radical (unpaired) electrons. The van der Waals surface area contributed by atoms with Gasteiger partial charge in [0.25, 0.3) is 0 Å². The number of benzene rings is 1. The summed E-state index contributed by atoms with van der Waals surface area (Å²) in [5, 5.41) is 16.8. The van der Waals surface area contributed by atoms with E-state index in [9.17, 15) is 4.79 Å².